The molecule has 0 atom stereocenters. The van der Waals surface area contributed by atoms with Crippen LogP contribution in [0.2, 0.25) is 0 Å². The Morgan fingerprint density at radius 3 is 2.77 bits per heavy atom. The Labute approximate surface area is 125 Å². The van der Waals surface area contributed by atoms with E-state index in [1.165, 1.54) is 6.07 Å². The number of oxazole rings is 1. The number of nitrogens with two attached hydrogens (primary N) is 2. The van der Waals surface area contributed by atoms with Crippen LogP contribution in [0.5, 0.6) is 0 Å². The number of Topliss-reactive ketones (excluding diaryl/α,β-unsaturated/α-hetero) is 1. The van der Waals surface area contributed by atoms with Crippen LogP contribution < -0.4 is 11.5 Å². The van der Waals surface area contributed by atoms with Gasteiger partial charge in [0.1, 0.15) is 11.3 Å². The van der Waals surface area contributed by atoms with Gasteiger partial charge in [0.25, 0.3) is 0 Å². The number of nitrogens with zero attached hydrogens (tertiary/aromatic N) is 1. The molecule has 0 spiro atoms. The molecule has 0 aliphatic heterocycles. The van der Waals surface area contributed by atoms with Crippen molar-refractivity contribution in [2.45, 2.75) is 6.42 Å². The first-order valence-electron chi connectivity index (χ1n) is 6.78. The van der Waals surface area contributed by atoms with E-state index in [1.54, 1.807) is 12.1 Å². The minimum Gasteiger partial charge on any atom is -0.436 e. The Morgan fingerprint density at radius 2 is 2.05 bits per heavy atom. The number of carbonyl (C=O) groups is 1. The summed E-state index contributed by atoms with van der Waals surface area (Å²) in [5.41, 5.74) is 13.1. The highest BCUT2D eigenvalue weighted by Crippen LogP contribution is 2.32. The van der Waals surface area contributed by atoms with Crippen molar-refractivity contribution in [2.75, 3.05) is 12.3 Å². The molecule has 22 heavy (non-hydrogen) atoms. The summed E-state index contributed by atoms with van der Waals surface area (Å²) in [4.78, 5) is 16.3. The van der Waals surface area contributed by atoms with E-state index in [-0.39, 0.29) is 41.5 Å². The standard InChI is InChI=1S/C16H14FN3O2/c17-9-7-10(13(21)5-6-18)15(19)11(8-9)16-20-12-3-1-2-4-14(12)22-16/h1-4,7-8H,5-6,18-19H2. The smallest absolute Gasteiger partial charge is 0.229 e. The fourth-order valence-electron chi connectivity index (χ4n) is 2.28. The molecule has 2 aromatic carbocycles. The summed E-state index contributed by atoms with van der Waals surface area (Å²) in [5.74, 6) is -0.705. The lowest BCUT2D eigenvalue weighted by Gasteiger charge is -2.08. The molecule has 0 radical (unpaired) electrons. The molecule has 0 bridgehead atoms. The molecular formula is C16H14FN3O2. The van der Waals surface area contributed by atoms with Gasteiger partial charge in [-0.25, -0.2) is 9.37 Å². The Bertz CT molecular complexity index is 825. The van der Waals surface area contributed by atoms with Crippen LogP contribution in [-0.2, 0) is 0 Å². The minimum absolute atomic E-state index is 0.0979. The molecule has 0 amide bonds. The van der Waals surface area contributed by atoms with Gasteiger partial charge in [-0.1, -0.05) is 12.1 Å². The average molecular weight is 299 g/mol. The molecule has 0 aliphatic carbocycles. The van der Waals surface area contributed by atoms with Crippen LogP contribution in [-0.4, -0.2) is 17.3 Å². The van der Waals surface area contributed by atoms with Crippen molar-refractivity contribution in [3.8, 4) is 11.5 Å². The van der Waals surface area contributed by atoms with E-state index in [0.717, 1.165) is 6.07 Å². The molecule has 5 nitrogen and oxygen atoms in total. The number of para-hydroxylation sites is 2. The van der Waals surface area contributed by atoms with Crippen molar-refractivity contribution in [1.29, 1.82) is 0 Å². The first-order valence-corrected chi connectivity index (χ1v) is 6.78. The first-order chi connectivity index (χ1) is 10.6. The van der Waals surface area contributed by atoms with Gasteiger partial charge in [-0.3, -0.25) is 4.79 Å². The third kappa shape index (κ3) is 2.44. The van der Waals surface area contributed by atoms with Crippen LogP contribution in [0.15, 0.2) is 40.8 Å². The fraction of sp³-hybridized carbons (Fsp3) is 0.125. The maximum Gasteiger partial charge on any atom is 0.229 e. The molecule has 6 heteroatoms. The molecule has 1 heterocycles. The Morgan fingerprint density at radius 1 is 1.27 bits per heavy atom. The highest BCUT2D eigenvalue weighted by Gasteiger charge is 2.19. The van der Waals surface area contributed by atoms with Gasteiger partial charge in [0, 0.05) is 12.0 Å². The zero-order valence-corrected chi connectivity index (χ0v) is 11.7. The van der Waals surface area contributed by atoms with Crippen LogP contribution in [0.4, 0.5) is 10.1 Å². The van der Waals surface area contributed by atoms with Crippen LogP contribution in [0.1, 0.15) is 16.8 Å². The summed E-state index contributed by atoms with van der Waals surface area (Å²) in [6.45, 7) is 0.174. The predicted molar refractivity (Wildman–Crippen MR) is 81.8 cm³/mol. The summed E-state index contributed by atoms with van der Waals surface area (Å²) < 4.78 is 19.4. The molecule has 3 aromatic rings. The molecule has 0 aliphatic rings. The molecule has 0 fully saturated rings. The van der Waals surface area contributed by atoms with Crippen LogP contribution >= 0.6 is 0 Å². The zero-order chi connectivity index (χ0) is 15.7. The monoisotopic (exact) mass is 299 g/mol. The molecular weight excluding hydrogens is 285 g/mol. The molecule has 112 valence electrons. The quantitative estimate of drug-likeness (QED) is 0.570. The summed E-state index contributed by atoms with van der Waals surface area (Å²) in [7, 11) is 0. The largest absolute Gasteiger partial charge is 0.436 e. The molecule has 0 unspecified atom stereocenters. The van der Waals surface area contributed by atoms with Crippen molar-refractivity contribution in [2.24, 2.45) is 5.73 Å². The van der Waals surface area contributed by atoms with Gasteiger partial charge in [0.2, 0.25) is 5.89 Å². The van der Waals surface area contributed by atoms with Gasteiger partial charge in [0.15, 0.2) is 11.4 Å². The van der Waals surface area contributed by atoms with Gasteiger partial charge in [-0.2, -0.15) is 0 Å². The van der Waals surface area contributed by atoms with Gasteiger partial charge >= 0.3 is 0 Å². The number of halogens is 1. The summed E-state index contributed by atoms with van der Waals surface area (Å²) in [6.07, 6.45) is 0.0979. The SMILES string of the molecule is NCCC(=O)c1cc(F)cc(-c2nc3ccccc3o2)c1N. The number of benzene rings is 2. The van der Waals surface area contributed by atoms with E-state index in [0.29, 0.717) is 11.1 Å². The van der Waals surface area contributed by atoms with E-state index in [9.17, 15) is 9.18 Å². The Hall–Kier alpha value is -2.73. The van der Waals surface area contributed by atoms with E-state index in [4.69, 9.17) is 15.9 Å². The molecule has 0 saturated carbocycles. The lowest BCUT2D eigenvalue weighted by Crippen LogP contribution is -2.11. The number of rotatable bonds is 4. The van der Waals surface area contributed by atoms with Crippen LogP contribution in [0, 0.1) is 5.82 Å². The third-order valence-corrected chi connectivity index (χ3v) is 3.34. The van der Waals surface area contributed by atoms with Gasteiger partial charge < -0.3 is 15.9 Å². The van der Waals surface area contributed by atoms with Crippen LogP contribution in [0.3, 0.4) is 0 Å². The summed E-state index contributed by atoms with van der Waals surface area (Å²) in [6, 6.07) is 9.47. The van der Waals surface area contributed by atoms with E-state index >= 15 is 0 Å². The van der Waals surface area contributed by atoms with Crippen molar-refractivity contribution < 1.29 is 13.6 Å². The fourth-order valence-corrected chi connectivity index (χ4v) is 2.28. The molecule has 4 N–H and O–H groups in total. The summed E-state index contributed by atoms with van der Waals surface area (Å²) >= 11 is 0. The predicted octanol–water partition coefficient (Wildman–Crippen LogP) is 2.75. The molecule has 0 saturated heterocycles. The second kappa shape index (κ2) is 5.57. The van der Waals surface area contributed by atoms with Crippen LogP contribution in [0.25, 0.3) is 22.6 Å². The number of hydrogen-bond acceptors (Lipinski definition) is 5. The molecule has 3 rings (SSSR count). The normalized spacial score (nSPS) is 11.0. The Balaban J connectivity index is 2.15. The van der Waals surface area contributed by atoms with E-state index < -0.39 is 5.82 Å². The average Bonchev–Trinajstić information content (AvgIpc) is 2.93. The number of ketones is 1. The second-order valence-electron chi connectivity index (χ2n) is 4.86. The van der Waals surface area contributed by atoms with Crippen molar-refractivity contribution in [3.63, 3.8) is 0 Å². The summed E-state index contributed by atoms with van der Waals surface area (Å²) in [5, 5.41) is 0. The lowest BCUT2D eigenvalue weighted by molar-refractivity contribution is 0.0986. The minimum atomic E-state index is -0.577. The van der Waals surface area contributed by atoms with Gasteiger partial charge in [-0.15, -0.1) is 0 Å². The molecule has 1 aromatic heterocycles. The third-order valence-electron chi connectivity index (χ3n) is 3.34. The maximum atomic E-state index is 13.8. The second-order valence-corrected chi connectivity index (χ2v) is 4.86. The van der Waals surface area contributed by atoms with E-state index in [2.05, 4.69) is 4.98 Å². The maximum absolute atomic E-state index is 13.8. The number of anilines is 1. The lowest BCUT2D eigenvalue weighted by atomic mass is 10.0. The van der Waals surface area contributed by atoms with Crippen molar-refractivity contribution >= 4 is 22.6 Å². The van der Waals surface area contributed by atoms with Crippen molar-refractivity contribution in [1.82, 2.24) is 4.98 Å². The number of hydrogen-bond donors (Lipinski definition) is 2. The number of nitrogen functional groups attached to an aromatic ring is 1. The van der Waals surface area contributed by atoms with Gasteiger partial charge in [-0.05, 0) is 30.8 Å². The first kappa shape index (κ1) is 14.2. The number of fused-ring (bicyclic) bond motifs is 1. The highest BCUT2D eigenvalue weighted by atomic mass is 19.1. The Kier molecular flexibility index (Phi) is 3.60. The number of carbonyl (C=O) groups excluding carboxylic acids is 1. The van der Waals surface area contributed by atoms with Gasteiger partial charge in [0.05, 0.1) is 11.3 Å². The number of aromatic nitrogens is 1. The van der Waals surface area contributed by atoms with E-state index in [1.807, 2.05) is 12.1 Å². The topological polar surface area (TPSA) is 95.1 Å². The zero-order valence-electron chi connectivity index (χ0n) is 11.7. The highest BCUT2D eigenvalue weighted by molar-refractivity contribution is 6.03. The van der Waals surface area contributed by atoms with Crippen molar-refractivity contribution in [3.05, 3.63) is 47.8 Å².